The molecule has 5 rings (SSSR count). The van der Waals surface area contributed by atoms with E-state index < -0.39 is 11.8 Å². The maximum Gasteiger partial charge on any atom is 0.313 e. The van der Waals surface area contributed by atoms with Gasteiger partial charge in [0.25, 0.3) is 5.91 Å². The van der Waals surface area contributed by atoms with Crippen LogP contribution in [0.2, 0.25) is 0 Å². The van der Waals surface area contributed by atoms with Crippen LogP contribution in [0.1, 0.15) is 47.2 Å². The van der Waals surface area contributed by atoms with Crippen LogP contribution in [-0.4, -0.2) is 54.7 Å². The van der Waals surface area contributed by atoms with Crippen LogP contribution in [0.3, 0.4) is 0 Å². The zero-order chi connectivity index (χ0) is 23.7. The quantitative estimate of drug-likeness (QED) is 0.673. The van der Waals surface area contributed by atoms with Crippen LogP contribution in [0.25, 0.3) is 0 Å². The zero-order valence-electron chi connectivity index (χ0n) is 19.0. The van der Waals surface area contributed by atoms with Gasteiger partial charge >= 0.3 is 11.8 Å². The summed E-state index contributed by atoms with van der Waals surface area (Å²) in [6.07, 6.45) is 7.30. The molecule has 2 aromatic rings. The second kappa shape index (κ2) is 9.32. The van der Waals surface area contributed by atoms with E-state index in [4.69, 9.17) is 4.42 Å². The molecule has 3 aliphatic heterocycles. The number of piperidine rings is 1. The van der Waals surface area contributed by atoms with Crippen LogP contribution in [0.15, 0.2) is 35.1 Å². The van der Waals surface area contributed by atoms with Crippen molar-refractivity contribution in [2.75, 3.05) is 36.4 Å². The maximum atomic E-state index is 12.5. The van der Waals surface area contributed by atoms with E-state index in [9.17, 15) is 19.2 Å². The lowest BCUT2D eigenvalue weighted by molar-refractivity contribution is -0.136. The van der Waals surface area contributed by atoms with E-state index in [-0.39, 0.29) is 17.7 Å². The molecule has 0 atom stereocenters. The Kier molecular flexibility index (Phi) is 6.08. The number of anilines is 2. The Labute approximate surface area is 197 Å². The molecule has 2 N–H and O–H groups in total. The zero-order valence-corrected chi connectivity index (χ0v) is 19.0. The third kappa shape index (κ3) is 4.42. The van der Waals surface area contributed by atoms with Gasteiger partial charge in [-0.1, -0.05) is 0 Å². The lowest BCUT2D eigenvalue weighted by Gasteiger charge is -2.35. The van der Waals surface area contributed by atoms with Gasteiger partial charge in [0, 0.05) is 38.3 Å². The van der Waals surface area contributed by atoms with Crippen molar-refractivity contribution in [1.29, 1.82) is 0 Å². The van der Waals surface area contributed by atoms with E-state index in [2.05, 4.69) is 10.6 Å². The molecule has 0 saturated carbocycles. The summed E-state index contributed by atoms with van der Waals surface area (Å²) < 4.78 is 4.98. The van der Waals surface area contributed by atoms with Crippen LogP contribution >= 0.6 is 0 Å². The number of likely N-dealkylation sites (tertiary alicyclic amines) is 1. The average molecular weight is 465 g/mol. The number of carbonyl (C=O) groups excluding carboxylic acids is 4. The second-order valence-corrected chi connectivity index (χ2v) is 9.20. The van der Waals surface area contributed by atoms with Gasteiger partial charge in [-0.3, -0.25) is 19.2 Å². The number of amides is 4. The van der Waals surface area contributed by atoms with Gasteiger partial charge in [0.2, 0.25) is 5.91 Å². The Balaban J connectivity index is 1.12. The number of nitrogens with one attached hydrogen (secondary N) is 2. The normalized spacial score (nSPS) is 17.8. The predicted molar refractivity (Wildman–Crippen MR) is 124 cm³/mol. The minimum absolute atomic E-state index is 0.0489. The van der Waals surface area contributed by atoms with Crippen molar-refractivity contribution in [1.82, 2.24) is 10.2 Å². The molecule has 1 aromatic heterocycles. The van der Waals surface area contributed by atoms with E-state index >= 15 is 0 Å². The average Bonchev–Trinajstić information content (AvgIpc) is 3.39. The first-order chi connectivity index (χ1) is 16.5. The van der Waals surface area contributed by atoms with Gasteiger partial charge in [-0.05, 0) is 67.3 Å². The van der Waals surface area contributed by atoms with E-state index in [0.29, 0.717) is 43.7 Å². The highest BCUT2D eigenvalue weighted by atomic mass is 16.3. The highest BCUT2D eigenvalue weighted by Crippen LogP contribution is 2.37. The van der Waals surface area contributed by atoms with Gasteiger partial charge in [0.1, 0.15) is 6.26 Å². The van der Waals surface area contributed by atoms with Crippen LogP contribution < -0.4 is 15.5 Å². The van der Waals surface area contributed by atoms with Crippen LogP contribution in [0, 0.1) is 5.92 Å². The van der Waals surface area contributed by atoms with Crippen molar-refractivity contribution in [2.45, 2.75) is 38.5 Å². The molecule has 0 radical (unpaired) electrons. The highest BCUT2D eigenvalue weighted by Gasteiger charge is 2.30. The molecule has 9 nitrogen and oxygen atoms in total. The smallest absolute Gasteiger partial charge is 0.313 e. The lowest BCUT2D eigenvalue weighted by atomic mass is 9.91. The van der Waals surface area contributed by atoms with Gasteiger partial charge in [-0.2, -0.15) is 0 Å². The summed E-state index contributed by atoms with van der Waals surface area (Å²) in [6, 6.07) is 5.41. The maximum absolute atomic E-state index is 12.5. The molecule has 1 aromatic carbocycles. The Morgan fingerprint density at radius 2 is 1.76 bits per heavy atom. The van der Waals surface area contributed by atoms with Crippen molar-refractivity contribution in [3.63, 3.8) is 0 Å². The summed E-state index contributed by atoms with van der Waals surface area (Å²) in [5.41, 5.74) is 4.21. The molecule has 9 heteroatoms. The molecule has 4 heterocycles. The molecular formula is C25H28N4O5. The molecule has 1 fully saturated rings. The van der Waals surface area contributed by atoms with E-state index in [1.807, 2.05) is 17.0 Å². The lowest BCUT2D eigenvalue weighted by Crippen LogP contribution is -2.43. The summed E-state index contributed by atoms with van der Waals surface area (Å²) in [4.78, 5) is 53.2. The largest absolute Gasteiger partial charge is 0.472 e. The predicted octanol–water partition coefficient (Wildman–Crippen LogP) is 2.11. The van der Waals surface area contributed by atoms with E-state index in [1.165, 1.54) is 12.5 Å². The molecule has 0 unspecified atom stereocenters. The van der Waals surface area contributed by atoms with Crippen molar-refractivity contribution < 1.29 is 23.6 Å². The molecule has 3 aliphatic rings. The first kappa shape index (κ1) is 22.2. The van der Waals surface area contributed by atoms with Crippen molar-refractivity contribution in [2.24, 2.45) is 5.92 Å². The van der Waals surface area contributed by atoms with E-state index in [1.54, 1.807) is 11.0 Å². The highest BCUT2D eigenvalue weighted by molar-refractivity contribution is 6.39. The summed E-state index contributed by atoms with van der Waals surface area (Å²) >= 11 is 0. The Bertz CT molecular complexity index is 1100. The Hall–Kier alpha value is -3.62. The number of hydrogen-bond acceptors (Lipinski definition) is 5. The SMILES string of the molecule is O=C(NCC1CCN(C(=O)c2ccoc2)CC1)C(=O)Nc1cc2c3c(c1)CCC(=O)N3CCC2. The number of carbonyl (C=O) groups is 4. The minimum Gasteiger partial charge on any atom is -0.472 e. The monoisotopic (exact) mass is 464 g/mol. The molecule has 178 valence electrons. The third-order valence-electron chi connectivity index (χ3n) is 6.96. The molecule has 4 amide bonds. The third-order valence-corrected chi connectivity index (χ3v) is 6.96. The summed E-state index contributed by atoms with van der Waals surface area (Å²) in [7, 11) is 0. The van der Waals surface area contributed by atoms with Gasteiger partial charge in [-0.25, -0.2) is 0 Å². The van der Waals surface area contributed by atoms with Gasteiger partial charge in [-0.15, -0.1) is 0 Å². The van der Waals surface area contributed by atoms with Crippen LogP contribution in [-0.2, 0) is 27.2 Å². The van der Waals surface area contributed by atoms with Crippen LogP contribution in [0.4, 0.5) is 11.4 Å². The minimum atomic E-state index is -0.695. The topological polar surface area (TPSA) is 112 Å². The summed E-state index contributed by atoms with van der Waals surface area (Å²) in [6.45, 7) is 2.35. The van der Waals surface area contributed by atoms with Gasteiger partial charge < -0.3 is 24.9 Å². The van der Waals surface area contributed by atoms with Gasteiger partial charge in [0.05, 0.1) is 17.5 Å². The Morgan fingerprint density at radius 3 is 2.50 bits per heavy atom. The molecule has 0 aliphatic carbocycles. The van der Waals surface area contributed by atoms with Gasteiger partial charge in [0.15, 0.2) is 0 Å². The standard InChI is InChI=1S/C25H28N4O5/c30-21-4-3-18-13-20(12-17-2-1-8-29(21)22(17)18)27-24(32)23(31)26-14-16-5-9-28(10-6-16)25(33)19-7-11-34-15-19/h7,11-13,15-16H,1-6,8-10,14H2,(H,26,31)(H,27,32). The molecule has 0 bridgehead atoms. The molecular weight excluding hydrogens is 436 g/mol. The van der Waals surface area contributed by atoms with Crippen molar-refractivity contribution in [3.05, 3.63) is 47.4 Å². The fraction of sp³-hybridized carbons (Fsp3) is 0.440. The first-order valence-electron chi connectivity index (χ1n) is 11.9. The molecule has 0 spiro atoms. The number of nitrogens with zero attached hydrogens (tertiary/aromatic N) is 2. The second-order valence-electron chi connectivity index (χ2n) is 9.20. The summed E-state index contributed by atoms with van der Waals surface area (Å²) in [5, 5.41) is 5.46. The summed E-state index contributed by atoms with van der Waals surface area (Å²) in [5.74, 6) is -1.05. The number of furan rings is 1. The number of hydrogen-bond donors (Lipinski definition) is 2. The van der Waals surface area contributed by atoms with Crippen LogP contribution in [0.5, 0.6) is 0 Å². The van der Waals surface area contributed by atoms with Crippen molar-refractivity contribution in [3.8, 4) is 0 Å². The number of benzene rings is 1. The Morgan fingerprint density at radius 1 is 1.00 bits per heavy atom. The number of aryl methyl sites for hydroxylation is 2. The number of rotatable bonds is 4. The fourth-order valence-electron chi connectivity index (χ4n) is 5.14. The molecule has 1 saturated heterocycles. The fourth-order valence-corrected chi connectivity index (χ4v) is 5.14. The molecule has 34 heavy (non-hydrogen) atoms. The van der Waals surface area contributed by atoms with Crippen molar-refractivity contribution >= 4 is 35.0 Å². The first-order valence-corrected chi connectivity index (χ1v) is 11.9. The van der Waals surface area contributed by atoms with E-state index in [0.717, 1.165) is 49.0 Å².